The Morgan fingerprint density at radius 1 is 1.10 bits per heavy atom. The van der Waals surface area contributed by atoms with Gasteiger partial charge in [-0.2, -0.15) is 0 Å². The number of likely N-dealkylation sites (tertiary alicyclic amines) is 1. The summed E-state index contributed by atoms with van der Waals surface area (Å²) < 4.78 is 5.40. The maximum absolute atomic E-state index is 13.0. The van der Waals surface area contributed by atoms with Crippen molar-refractivity contribution in [1.29, 1.82) is 0 Å². The van der Waals surface area contributed by atoms with E-state index in [1.165, 1.54) is 28.4 Å². The predicted octanol–water partition coefficient (Wildman–Crippen LogP) is 5.69. The highest BCUT2D eigenvalue weighted by Crippen LogP contribution is 2.42. The summed E-state index contributed by atoms with van der Waals surface area (Å²) in [6.45, 7) is 0.148. The van der Waals surface area contributed by atoms with Gasteiger partial charge in [-0.3, -0.25) is 9.59 Å². The molecule has 0 spiro atoms. The van der Waals surface area contributed by atoms with Gasteiger partial charge < -0.3 is 14.7 Å². The van der Waals surface area contributed by atoms with Crippen LogP contribution in [0, 0.1) is 0 Å². The second kappa shape index (κ2) is 8.75. The Morgan fingerprint density at radius 2 is 1.87 bits per heavy atom. The lowest BCUT2D eigenvalue weighted by Crippen LogP contribution is -2.29. The van der Waals surface area contributed by atoms with E-state index >= 15 is 0 Å². The number of methoxy groups -OCH3 is 1. The lowest BCUT2D eigenvalue weighted by Gasteiger charge is -2.25. The molecule has 0 bridgehead atoms. The van der Waals surface area contributed by atoms with Gasteiger partial charge in [0.15, 0.2) is 0 Å². The molecular formula is C23H17Cl2NO4S. The minimum absolute atomic E-state index is 0.0146. The van der Waals surface area contributed by atoms with Crippen LogP contribution in [0.3, 0.4) is 0 Å². The molecule has 2 heterocycles. The number of ketones is 1. The van der Waals surface area contributed by atoms with Gasteiger partial charge in [0.1, 0.15) is 11.5 Å². The number of rotatable bonds is 5. The molecule has 0 saturated carbocycles. The van der Waals surface area contributed by atoms with Crippen molar-refractivity contribution in [2.75, 3.05) is 7.11 Å². The third-order valence-corrected chi connectivity index (χ3v) is 6.74. The number of Topliss-reactive ketones (excluding diaryl/α,β-unsaturated/α-hetero) is 1. The van der Waals surface area contributed by atoms with E-state index in [4.69, 9.17) is 27.9 Å². The number of hydrogen-bond donors (Lipinski definition) is 1. The van der Waals surface area contributed by atoms with Crippen LogP contribution >= 0.6 is 34.5 Å². The average molecular weight is 474 g/mol. The van der Waals surface area contributed by atoms with Gasteiger partial charge in [0.05, 0.1) is 35.3 Å². The van der Waals surface area contributed by atoms with Crippen molar-refractivity contribution in [3.63, 3.8) is 0 Å². The number of carbonyl (C=O) groups is 2. The van der Waals surface area contributed by atoms with E-state index in [1.807, 2.05) is 35.7 Å². The molecule has 3 aromatic rings. The zero-order chi connectivity index (χ0) is 22.1. The Balaban J connectivity index is 1.84. The number of aliphatic hydroxyl groups excluding tert-OH is 1. The molecule has 0 radical (unpaired) electrons. The average Bonchev–Trinajstić information content (AvgIpc) is 3.38. The molecule has 5 nitrogen and oxygen atoms in total. The largest absolute Gasteiger partial charge is 0.507 e. The molecule has 4 rings (SSSR count). The van der Waals surface area contributed by atoms with Gasteiger partial charge in [-0.05, 0) is 35.7 Å². The summed E-state index contributed by atoms with van der Waals surface area (Å²) in [6.07, 6.45) is 0. The lowest BCUT2D eigenvalue weighted by molar-refractivity contribution is -0.140. The first-order valence-corrected chi connectivity index (χ1v) is 10.9. The number of halogens is 2. The van der Waals surface area contributed by atoms with E-state index in [1.54, 1.807) is 19.2 Å². The Bertz CT molecular complexity index is 1190. The van der Waals surface area contributed by atoms with Crippen LogP contribution in [-0.4, -0.2) is 28.8 Å². The molecule has 31 heavy (non-hydrogen) atoms. The summed E-state index contributed by atoms with van der Waals surface area (Å²) in [5.41, 5.74) is 1.08. The van der Waals surface area contributed by atoms with Gasteiger partial charge in [0.25, 0.3) is 11.7 Å². The molecule has 1 atom stereocenters. The Labute approximate surface area is 193 Å². The molecule has 2 aromatic carbocycles. The molecule has 1 aromatic heterocycles. The van der Waals surface area contributed by atoms with Crippen molar-refractivity contribution in [3.8, 4) is 5.75 Å². The maximum Gasteiger partial charge on any atom is 0.295 e. The number of amides is 1. The van der Waals surface area contributed by atoms with Crippen LogP contribution < -0.4 is 4.74 Å². The van der Waals surface area contributed by atoms with E-state index in [2.05, 4.69) is 0 Å². The zero-order valence-corrected chi connectivity index (χ0v) is 18.7. The summed E-state index contributed by atoms with van der Waals surface area (Å²) in [5.74, 6) is -1.13. The monoisotopic (exact) mass is 473 g/mol. The Kier molecular flexibility index (Phi) is 6.05. The predicted molar refractivity (Wildman–Crippen MR) is 122 cm³/mol. The van der Waals surface area contributed by atoms with Crippen molar-refractivity contribution in [2.45, 2.75) is 12.6 Å². The molecule has 1 N–H and O–H groups in total. The van der Waals surface area contributed by atoms with Gasteiger partial charge in [-0.1, -0.05) is 47.5 Å². The van der Waals surface area contributed by atoms with E-state index in [0.717, 1.165) is 10.4 Å². The molecule has 158 valence electrons. The van der Waals surface area contributed by atoms with Crippen LogP contribution in [0.4, 0.5) is 0 Å². The third kappa shape index (κ3) is 3.94. The van der Waals surface area contributed by atoms with Gasteiger partial charge in [0, 0.05) is 16.0 Å². The maximum atomic E-state index is 13.0. The molecule has 1 saturated heterocycles. The molecule has 8 heteroatoms. The number of nitrogens with zero attached hydrogens (tertiary/aromatic N) is 1. The summed E-state index contributed by atoms with van der Waals surface area (Å²) in [6, 6.07) is 14.8. The second-order valence-electron chi connectivity index (χ2n) is 6.88. The fraction of sp³-hybridized carbons (Fsp3) is 0.130. The Morgan fingerprint density at radius 3 is 2.55 bits per heavy atom. The molecule has 1 aliphatic heterocycles. The van der Waals surface area contributed by atoms with Gasteiger partial charge in [-0.15, -0.1) is 11.3 Å². The number of para-hydroxylation sites is 1. The number of ether oxygens (including phenoxy) is 1. The normalized spacial score (nSPS) is 17.9. The first-order valence-electron chi connectivity index (χ1n) is 9.31. The molecule has 1 fully saturated rings. The minimum atomic E-state index is -0.753. The third-order valence-electron chi connectivity index (χ3n) is 5.08. The summed E-state index contributed by atoms with van der Waals surface area (Å²) in [7, 11) is 1.55. The molecule has 1 amide bonds. The smallest absolute Gasteiger partial charge is 0.295 e. The standard InChI is InChI=1S/C23H17Cl2NO4S/c1-30-17-6-3-2-5-14(17)12-26-20(18-7-4-10-31-18)19(22(28)23(26)29)21(27)13-8-9-15(24)16(25)11-13/h2-11,20,27H,12H2,1H3/b21-19-. The van der Waals surface area contributed by atoms with Crippen molar-refractivity contribution in [1.82, 2.24) is 4.90 Å². The number of thiophene rings is 1. The van der Waals surface area contributed by atoms with Gasteiger partial charge in [0.2, 0.25) is 0 Å². The second-order valence-corrected chi connectivity index (χ2v) is 8.68. The fourth-order valence-corrected chi connectivity index (χ4v) is 4.75. The van der Waals surface area contributed by atoms with Gasteiger partial charge in [-0.25, -0.2) is 0 Å². The van der Waals surface area contributed by atoms with E-state index in [-0.39, 0.29) is 22.9 Å². The quantitative estimate of drug-likeness (QED) is 0.293. The highest BCUT2D eigenvalue weighted by molar-refractivity contribution is 7.10. The zero-order valence-electron chi connectivity index (χ0n) is 16.3. The van der Waals surface area contributed by atoms with Crippen LogP contribution in [-0.2, 0) is 16.1 Å². The number of aliphatic hydroxyl groups is 1. The van der Waals surface area contributed by atoms with Crippen molar-refractivity contribution in [2.24, 2.45) is 0 Å². The fourth-order valence-electron chi connectivity index (χ4n) is 3.60. The van der Waals surface area contributed by atoms with E-state index in [9.17, 15) is 14.7 Å². The minimum Gasteiger partial charge on any atom is -0.507 e. The number of carbonyl (C=O) groups excluding carboxylic acids is 2. The molecular weight excluding hydrogens is 457 g/mol. The van der Waals surface area contributed by atoms with Crippen LogP contribution in [0.25, 0.3) is 5.76 Å². The summed E-state index contributed by atoms with van der Waals surface area (Å²) >= 11 is 13.5. The first kappa shape index (κ1) is 21.4. The van der Waals surface area contributed by atoms with Crippen LogP contribution in [0.1, 0.15) is 22.0 Å². The van der Waals surface area contributed by atoms with E-state index in [0.29, 0.717) is 16.3 Å². The van der Waals surface area contributed by atoms with Crippen LogP contribution in [0.2, 0.25) is 10.0 Å². The molecule has 1 unspecified atom stereocenters. The van der Waals surface area contributed by atoms with Crippen molar-refractivity contribution >= 4 is 52.0 Å². The SMILES string of the molecule is COc1ccccc1CN1C(=O)C(=O)/C(=C(\O)c2ccc(Cl)c(Cl)c2)C1c1cccs1. The van der Waals surface area contributed by atoms with E-state index < -0.39 is 17.7 Å². The van der Waals surface area contributed by atoms with Gasteiger partial charge >= 0.3 is 0 Å². The lowest BCUT2D eigenvalue weighted by atomic mass is 9.99. The topological polar surface area (TPSA) is 66.8 Å². The summed E-state index contributed by atoms with van der Waals surface area (Å²) in [5, 5.41) is 13.5. The first-order chi connectivity index (χ1) is 14.9. The number of benzene rings is 2. The van der Waals surface area contributed by atoms with Crippen LogP contribution in [0.15, 0.2) is 65.6 Å². The Hall–Kier alpha value is -2.80. The summed E-state index contributed by atoms with van der Waals surface area (Å²) in [4.78, 5) is 28.3. The van der Waals surface area contributed by atoms with Crippen LogP contribution in [0.5, 0.6) is 5.75 Å². The van der Waals surface area contributed by atoms with Crippen molar-refractivity contribution < 1.29 is 19.4 Å². The van der Waals surface area contributed by atoms with Crippen molar-refractivity contribution in [3.05, 3.63) is 91.6 Å². The molecule has 1 aliphatic rings. The highest BCUT2D eigenvalue weighted by atomic mass is 35.5. The highest BCUT2D eigenvalue weighted by Gasteiger charge is 2.46. The number of hydrogen-bond acceptors (Lipinski definition) is 5. The molecule has 0 aliphatic carbocycles.